The van der Waals surface area contributed by atoms with Crippen molar-refractivity contribution in [3.8, 4) is 16.9 Å². The molecule has 0 fully saturated rings. The number of hydrogen-bond donors (Lipinski definition) is 4. The van der Waals surface area contributed by atoms with Crippen LogP contribution in [0.4, 0.5) is 16.2 Å². The van der Waals surface area contributed by atoms with Crippen molar-refractivity contribution in [1.29, 1.82) is 0 Å². The van der Waals surface area contributed by atoms with Crippen LogP contribution >= 0.6 is 0 Å². The van der Waals surface area contributed by atoms with Gasteiger partial charge in [-0.25, -0.2) is 14.6 Å². The molecule has 4 N–H and O–H groups in total. The van der Waals surface area contributed by atoms with Gasteiger partial charge in [0.1, 0.15) is 5.75 Å². The molecule has 0 spiro atoms. The summed E-state index contributed by atoms with van der Waals surface area (Å²) >= 11 is 0. The number of nitrogens with one attached hydrogen (secondary N) is 3. The van der Waals surface area contributed by atoms with E-state index in [0.29, 0.717) is 17.0 Å². The van der Waals surface area contributed by atoms with Gasteiger partial charge in [-0.1, -0.05) is 29.8 Å². The summed E-state index contributed by atoms with van der Waals surface area (Å²) in [6, 6.07) is 10.8. The van der Waals surface area contributed by atoms with Crippen LogP contribution in [0.3, 0.4) is 0 Å². The molecule has 1 heterocycles. The number of hydrogen-bond acceptors (Lipinski definition) is 6. The second-order valence-electron chi connectivity index (χ2n) is 10.9. The van der Waals surface area contributed by atoms with Gasteiger partial charge in [0.2, 0.25) is 0 Å². The first-order chi connectivity index (χ1) is 19.2. The zero-order valence-electron chi connectivity index (χ0n) is 24.7. The number of amides is 3. The molecule has 1 aromatic heterocycles. The third-order valence-corrected chi connectivity index (χ3v) is 6.25. The van der Waals surface area contributed by atoms with Gasteiger partial charge in [-0.15, -0.1) is 0 Å². The average Bonchev–Trinajstić information content (AvgIpc) is 2.88. The minimum atomic E-state index is -1.36. The van der Waals surface area contributed by atoms with Crippen LogP contribution in [-0.4, -0.2) is 52.9 Å². The molecule has 0 unspecified atom stereocenters. The first-order valence-electron chi connectivity index (χ1n) is 13.2. The molecular formula is C31H38N4O6. The van der Waals surface area contributed by atoms with E-state index in [4.69, 9.17) is 9.47 Å². The number of anilines is 2. The quantitative estimate of drug-likeness (QED) is 0.262. The van der Waals surface area contributed by atoms with E-state index < -0.39 is 35.7 Å². The lowest BCUT2D eigenvalue weighted by Crippen LogP contribution is -2.50. The van der Waals surface area contributed by atoms with E-state index in [0.717, 1.165) is 22.3 Å². The predicted molar refractivity (Wildman–Crippen MR) is 159 cm³/mol. The topological polar surface area (TPSA) is 139 Å². The first kappa shape index (κ1) is 31.1. The molecule has 3 rings (SSSR count). The van der Waals surface area contributed by atoms with Gasteiger partial charge in [-0.2, -0.15) is 0 Å². The zero-order valence-corrected chi connectivity index (χ0v) is 24.7. The van der Waals surface area contributed by atoms with Gasteiger partial charge >= 0.3 is 12.0 Å². The van der Waals surface area contributed by atoms with Crippen molar-refractivity contribution in [2.75, 3.05) is 17.7 Å². The minimum absolute atomic E-state index is 0.101. The molecule has 0 radical (unpaired) electrons. The standard InChI is InChI=1S/C31H38N4O6/c1-17-13-18(2)25(19(3)14-17)35-30(39)33-24-15-22(21-9-11-23(40-8)12-10-21)16-32-27(24)28(36)34-26(29(37)38)20(4)41-31(5,6)7/h9-16,20,26H,1-8H3,(H,34,36)(H,37,38)(H2,33,35,39)/t20-,26+/m1/s1. The van der Waals surface area contributed by atoms with E-state index in [1.54, 1.807) is 53.0 Å². The normalized spacial score (nSPS) is 12.7. The molecular weight excluding hydrogens is 524 g/mol. The molecule has 10 nitrogen and oxygen atoms in total. The fraction of sp³-hybridized carbons (Fsp3) is 0.355. The smallest absolute Gasteiger partial charge is 0.328 e. The van der Waals surface area contributed by atoms with Crippen LogP contribution < -0.4 is 20.7 Å². The number of carbonyl (C=O) groups is 3. The Morgan fingerprint density at radius 2 is 1.54 bits per heavy atom. The summed E-state index contributed by atoms with van der Waals surface area (Å²) in [5, 5.41) is 17.9. The molecule has 0 aliphatic carbocycles. The number of benzene rings is 2. The zero-order chi connectivity index (χ0) is 30.5. The highest BCUT2D eigenvalue weighted by molar-refractivity contribution is 6.07. The molecule has 2 atom stereocenters. The summed E-state index contributed by atoms with van der Waals surface area (Å²) in [5.74, 6) is -1.37. The highest BCUT2D eigenvalue weighted by Gasteiger charge is 2.32. The highest BCUT2D eigenvalue weighted by atomic mass is 16.5. The summed E-state index contributed by atoms with van der Waals surface area (Å²) in [6.07, 6.45) is 0.640. The minimum Gasteiger partial charge on any atom is -0.497 e. The maximum Gasteiger partial charge on any atom is 0.328 e. The van der Waals surface area contributed by atoms with Crippen LogP contribution in [0.15, 0.2) is 48.7 Å². The number of aromatic nitrogens is 1. The molecule has 0 bridgehead atoms. The van der Waals surface area contributed by atoms with Crippen molar-refractivity contribution >= 4 is 29.3 Å². The van der Waals surface area contributed by atoms with E-state index in [9.17, 15) is 19.5 Å². The van der Waals surface area contributed by atoms with Gasteiger partial charge in [0.15, 0.2) is 11.7 Å². The van der Waals surface area contributed by atoms with Crippen LogP contribution in [0, 0.1) is 20.8 Å². The van der Waals surface area contributed by atoms with E-state index in [-0.39, 0.29) is 11.4 Å². The molecule has 41 heavy (non-hydrogen) atoms. The summed E-state index contributed by atoms with van der Waals surface area (Å²) in [5.41, 5.74) is 4.21. The number of nitrogens with zero attached hydrogens (tertiary/aromatic N) is 1. The number of methoxy groups -OCH3 is 1. The number of carbonyl (C=O) groups excluding carboxylic acids is 2. The third kappa shape index (κ3) is 8.28. The molecule has 0 aliphatic rings. The van der Waals surface area contributed by atoms with E-state index >= 15 is 0 Å². The fourth-order valence-corrected chi connectivity index (χ4v) is 4.54. The Kier molecular flexibility index (Phi) is 9.72. The van der Waals surface area contributed by atoms with Crippen LogP contribution in [0.2, 0.25) is 0 Å². The predicted octanol–water partition coefficient (Wildman–Crippen LogP) is 5.71. The van der Waals surface area contributed by atoms with Crippen LogP contribution in [0.1, 0.15) is 54.9 Å². The maximum absolute atomic E-state index is 13.4. The van der Waals surface area contributed by atoms with E-state index in [2.05, 4.69) is 20.9 Å². The number of carboxylic acids is 1. The SMILES string of the molecule is COc1ccc(-c2cnc(C(=O)N[C@H](C(=O)O)[C@@H](C)OC(C)(C)C)c(NC(=O)Nc3c(C)cc(C)cc3C)c2)cc1. The molecule has 3 aromatic rings. The van der Waals surface area contributed by atoms with Crippen LogP contribution in [-0.2, 0) is 9.53 Å². The van der Waals surface area contributed by atoms with Crippen LogP contribution in [0.25, 0.3) is 11.1 Å². The second kappa shape index (κ2) is 12.8. The van der Waals surface area contributed by atoms with Crippen LogP contribution in [0.5, 0.6) is 5.75 Å². The Balaban J connectivity index is 1.97. The molecule has 10 heteroatoms. The Hall–Kier alpha value is -4.44. The molecule has 0 aliphatic heterocycles. The van der Waals surface area contributed by atoms with Crippen molar-refractivity contribution in [1.82, 2.24) is 10.3 Å². The van der Waals surface area contributed by atoms with Gasteiger partial charge in [0, 0.05) is 17.4 Å². The third-order valence-electron chi connectivity index (χ3n) is 6.25. The number of ether oxygens (including phenoxy) is 2. The molecule has 0 saturated heterocycles. The number of aryl methyl sites for hydroxylation is 3. The van der Waals surface area contributed by atoms with Crippen molar-refractivity contribution in [3.05, 3.63) is 71.0 Å². The first-order valence-corrected chi connectivity index (χ1v) is 13.2. The Bertz CT molecular complexity index is 1410. The molecule has 3 amide bonds. The van der Waals surface area contributed by atoms with Gasteiger partial charge in [-0.3, -0.25) is 4.79 Å². The highest BCUT2D eigenvalue weighted by Crippen LogP contribution is 2.27. The fourth-order valence-electron chi connectivity index (χ4n) is 4.54. The van der Waals surface area contributed by atoms with Gasteiger partial charge in [0.25, 0.3) is 5.91 Å². The number of urea groups is 1. The van der Waals surface area contributed by atoms with E-state index in [1.807, 2.05) is 45.0 Å². The van der Waals surface area contributed by atoms with E-state index in [1.165, 1.54) is 6.20 Å². The van der Waals surface area contributed by atoms with Crippen molar-refractivity contribution in [2.24, 2.45) is 0 Å². The summed E-state index contributed by atoms with van der Waals surface area (Å²) in [7, 11) is 1.57. The molecule has 2 aromatic carbocycles. The molecule has 218 valence electrons. The average molecular weight is 563 g/mol. The summed E-state index contributed by atoms with van der Waals surface area (Å²) in [6.45, 7) is 12.7. The van der Waals surface area contributed by atoms with Crippen molar-refractivity contribution in [3.63, 3.8) is 0 Å². The second-order valence-corrected chi connectivity index (χ2v) is 10.9. The number of aliphatic carboxylic acids is 1. The van der Waals surface area contributed by atoms with Gasteiger partial charge < -0.3 is 30.5 Å². The molecule has 0 saturated carbocycles. The Labute approximate surface area is 240 Å². The van der Waals surface area contributed by atoms with Crippen molar-refractivity contribution < 1.29 is 29.0 Å². The largest absolute Gasteiger partial charge is 0.497 e. The lowest BCUT2D eigenvalue weighted by atomic mass is 10.1. The lowest BCUT2D eigenvalue weighted by molar-refractivity contribution is -0.146. The Morgan fingerprint density at radius 3 is 2.07 bits per heavy atom. The Morgan fingerprint density at radius 1 is 0.927 bits per heavy atom. The summed E-state index contributed by atoms with van der Waals surface area (Å²) in [4.78, 5) is 42.9. The number of rotatable bonds is 9. The number of carboxylic acid groups (broad SMARTS) is 1. The lowest BCUT2D eigenvalue weighted by Gasteiger charge is -2.29. The monoisotopic (exact) mass is 562 g/mol. The number of pyridine rings is 1. The summed E-state index contributed by atoms with van der Waals surface area (Å²) < 4.78 is 11.0. The van der Waals surface area contributed by atoms with Crippen molar-refractivity contribution in [2.45, 2.75) is 66.2 Å². The maximum atomic E-state index is 13.4. The van der Waals surface area contributed by atoms with Gasteiger partial charge in [0.05, 0.1) is 24.5 Å². The van der Waals surface area contributed by atoms with Gasteiger partial charge in [-0.05, 0) is 83.4 Å².